The molecule has 13 heavy (non-hydrogen) atoms. The molecule has 70 valence electrons. The van der Waals surface area contributed by atoms with E-state index in [-0.39, 0.29) is 11.7 Å². The van der Waals surface area contributed by atoms with Gasteiger partial charge in [0.15, 0.2) is 0 Å². The summed E-state index contributed by atoms with van der Waals surface area (Å²) in [4.78, 5) is 11.1. The number of phenols is 1. The highest BCUT2D eigenvalue weighted by atomic mass is 16.3. The van der Waals surface area contributed by atoms with Crippen molar-refractivity contribution in [3.8, 4) is 5.75 Å². The van der Waals surface area contributed by atoms with Crippen LogP contribution in [-0.2, 0) is 4.79 Å². The van der Waals surface area contributed by atoms with Crippen LogP contribution in [0.3, 0.4) is 0 Å². The summed E-state index contributed by atoms with van der Waals surface area (Å²) in [5, 5.41) is 11.6. The third-order valence-corrected chi connectivity index (χ3v) is 1.53. The Morgan fingerprint density at radius 1 is 1.62 bits per heavy atom. The largest absolute Gasteiger partial charge is 0.508 e. The summed E-state index contributed by atoms with van der Waals surface area (Å²) in [5.41, 5.74) is 5.89. The van der Waals surface area contributed by atoms with Crippen LogP contribution in [0.4, 0.5) is 5.69 Å². The number of aromatic hydroxyl groups is 1. The summed E-state index contributed by atoms with van der Waals surface area (Å²) in [6.07, 6.45) is 0. The Balaban J connectivity index is 2.69. The van der Waals surface area contributed by atoms with Gasteiger partial charge in [-0.2, -0.15) is 0 Å². The minimum absolute atomic E-state index is 0.113. The average Bonchev–Trinajstić information content (AvgIpc) is 2.04. The fraction of sp³-hybridized carbons (Fsp3) is 0.222. The van der Waals surface area contributed by atoms with E-state index in [0.29, 0.717) is 5.69 Å². The smallest absolute Gasteiger partial charge is 0.241 e. The average molecular weight is 180 g/mol. The van der Waals surface area contributed by atoms with E-state index in [2.05, 4.69) is 5.32 Å². The quantitative estimate of drug-likeness (QED) is 0.626. The number of hydrogen-bond acceptors (Lipinski definition) is 3. The van der Waals surface area contributed by atoms with Gasteiger partial charge >= 0.3 is 0 Å². The molecule has 1 aromatic rings. The van der Waals surface area contributed by atoms with Crippen molar-refractivity contribution < 1.29 is 9.90 Å². The van der Waals surface area contributed by atoms with Gasteiger partial charge in [-0.1, -0.05) is 6.07 Å². The first kappa shape index (κ1) is 9.54. The molecule has 0 aliphatic heterocycles. The van der Waals surface area contributed by atoms with Crippen LogP contribution in [0.1, 0.15) is 6.92 Å². The lowest BCUT2D eigenvalue weighted by atomic mass is 10.2. The molecule has 1 unspecified atom stereocenters. The van der Waals surface area contributed by atoms with Gasteiger partial charge in [-0.25, -0.2) is 0 Å². The van der Waals surface area contributed by atoms with Crippen LogP contribution < -0.4 is 11.1 Å². The minimum Gasteiger partial charge on any atom is -0.508 e. The van der Waals surface area contributed by atoms with Crippen LogP contribution >= 0.6 is 0 Å². The SMILES string of the molecule is CC(N)C(=O)Nc1cccc(O)c1. The molecule has 0 spiro atoms. The molecule has 4 heteroatoms. The van der Waals surface area contributed by atoms with E-state index in [1.165, 1.54) is 12.1 Å². The van der Waals surface area contributed by atoms with Gasteiger partial charge in [0, 0.05) is 11.8 Å². The summed E-state index contributed by atoms with van der Waals surface area (Å²) < 4.78 is 0. The number of hydrogen-bond donors (Lipinski definition) is 3. The van der Waals surface area contributed by atoms with Gasteiger partial charge in [-0.05, 0) is 19.1 Å². The maximum Gasteiger partial charge on any atom is 0.241 e. The van der Waals surface area contributed by atoms with Gasteiger partial charge in [-0.15, -0.1) is 0 Å². The van der Waals surface area contributed by atoms with E-state index < -0.39 is 6.04 Å². The first-order valence-electron chi connectivity index (χ1n) is 3.95. The molecule has 0 radical (unpaired) electrons. The molecule has 1 amide bonds. The van der Waals surface area contributed by atoms with Gasteiger partial charge in [-0.3, -0.25) is 4.79 Å². The predicted octanol–water partition coefficient (Wildman–Crippen LogP) is 0.678. The second-order valence-electron chi connectivity index (χ2n) is 2.83. The highest BCUT2D eigenvalue weighted by Gasteiger charge is 2.06. The molecule has 1 aromatic carbocycles. The molecule has 0 saturated carbocycles. The van der Waals surface area contributed by atoms with Crippen molar-refractivity contribution in [3.05, 3.63) is 24.3 Å². The second-order valence-corrected chi connectivity index (χ2v) is 2.83. The van der Waals surface area contributed by atoms with Crippen LogP contribution in [0.25, 0.3) is 0 Å². The van der Waals surface area contributed by atoms with Crippen molar-refractivity contribution in [1.82, 2.24) is 0 Å². The summed E-state index contributed by atoms with van der Waals surface area (Å²) in [5.74, 6) is -0.159. The van der Waals surface area contributed by atoms with E-state index in [1.54, 1.807) is 19.1 Å². The van der Waals surface area contributed by atoms with Gasteiger partial charge < -0.3 is 16.2 Å². The standard InChI is InChI=1S/C9H12N2O2/c1-6(10)9(13)11-7-3-2-4-8(12)5-7/h2-6,12H,10H2,1H3,(H,11,13). The van der Waals surface area contributed by atoms with Crippen molar-refractivity contribution in [2.24, 2.45) is 5.73 Å². The molecule has 1 rings (SSSR count). The van der Waals surface area contributed by atoms with Crippen LogP contribution in [-0.4, -0.2) is 17.1 Å². The summed E-state index contributed by atoms with van der Waals surface area (Å²) in [6.45, 7) is 1.60. The lowest BCUT2D eigenvalue weighted by Gasteiger charge is -2.07. The number of carbonyl (C=O) groups excluding carboxylic acids is 1. The van der Waals surface area contributed by atoms with E-state index in [1.807, 2.05) is 0 Å². The van der Waals surface area contributed by atoms with Gasteiger partial charge in [0.2, 0.25) is 5.91 Å². The molecule has 0 aliphatic rings. The Bertz CT molecular complexity index is 310. The minimum atomic E-state index is -0.553. The highest BCUT2D eigenvalue weighted by Crippen LogP contribution is 2.15. The number of amides is 1. The molecule has 0 aliphatic carbocycles. The molecule has 0 fully saturated rings. The van der Waals surface area contributed by atoms with E-state index in [0.717, 1.165) is 0 Å². The Hall–Kier alpha value is -1.55. The number of nitrogens with two attached hydrogens (primary N) is 1. The predicted molar refractivity (Wildman–Crippen MR) is 50.4 cm³/mol. The number of carbonyl (C=O) groups is 1. The van der Waals surface area contributed by atoms with Crippen LogP contribution in [0.15, 0.2) is 24.3 Å². The zero-order valence-corrected chi connectivity index (χ0v) is 7.32. The zero-order chi connectivity index (χ0) is 9.84. The molecule has 0 saturated heterocycles. The van der Waals surface area contributed by atoms with Crippen molar-refractivity contribution in [2.75, 3.05) is 5.32 Å². The number of phenolic OH excluding ortho intramolecular Hbond substituents is 1. The molecule has 1 atom stereocenters. The van der Waals surface area contributed by atoms with Gasteiger partial charge in [0.1, 0.15) is 5.75 Å². The van der Waals surface area contributed by atoms with Crippen LogP contribution in [0.5, 0.6) is 5.75 Å². The fourth-order valence-electron chi connectivity index (χ4n) is 0.840. The Morgan fingerprint density at radius 2 is 2.31 bits per heavy atom. The topological polar surface area (TPSA) is 75.4 Å². The second kappa shape index (κ2) is 3.91. The number of nitrogens with one attached hydrogen (secondary N) is 1. The molecular formula is C9H12N2O2. The Kier molecular flexibility index (Phi) is 2.87. The molecule has 0 bridgehead atoms. The molecule has 0 heterocycles. The molecule has 4 nitrogen and oxygen atoms in total. The summed E-state index contributed by atoms with van der Waals surface area (Å²) in [7, 11) is 0. The van der Waals surface area contributed by atoms with Crippen molar-refractivity contribution >= 4 is 11.6 Å². The Morgan fingerprint density at radius 3 is 2.85 bits per heavy atom. The number of rotatable bonds is 2. The molecule has 0 aromatic heterocycles. The molecular weight excluding hydrogens is 168 g/mol. The lowest BCUT2D eigenvalue weighted by Crippen LogP contribution is -2.32. The van der Waals surface area contributed by atoms with Crippen molar-refractivity contribution in [2.45, 2.75) is 13.0 Å². The molecule has 4 N–H and O–H groups in total. The maximum absolute atomic E-state index is 11.1. The number of anilines is 1. The number of benzene rings is 1. The summed E-state index contributed by atoms with van der Waals surface area (Å²) >= 11 is 0. The third-order valence-electron chi connectivity index (χ3n) is 1.53. The van der Waals surface area contributed by atoms with Crippen LogP contribution in [0.2, 0.25) is 0 Å². The highest BCUT2D eigenvalue weighted by molar-refractivity contribution is 5.94. The third kappa shape index (κ3) is 2.76. The Labute approximate surface area is 76.4 Å². The van der Waals surface area contributed by atoms with E-state index in [9.17, 15) is 4.79 Å². The van der Waals surface area contributed by atoms with E-state index in [4.69, 9.17) is 10.8 Å². The zero-order valence-electron chi connectivity index (χ0n) is 7.32. The first-order chi connectivity index (χ1) is 6.09. The van der Waals surface area contributed by atoms with Crippen molar-refractivity contribution in [1.29, 1.82) is 0 Å². The lowest BCUT2D eigenvalue weighted by molar-refractivity contribution is -0.117. The monoisotopic (exact) mass is 180 g/mol. The van der Waals surface area contributed by atoms with E-state index >= 15 is 0 Å². The van der Waals surface area contributed by atoms with Gasteiger partial charge in [0.05, 0.1) is 6.04 Å². The summed E-state index contributed by atoms with van der Waals surface area (Å²) in [6, 6.07) is 5.76. The normalized spacial score (nSPS) is 12.2. The van der Waals surface area contributed by atoms with Crippen molar-refractivity contribution in [3.63, 3.8) is 0 Å². The maximum atomic E-state index is 11.1. The van der Waals surface area contributed by atoms with Crippen LogP contribution in [0, 0.1) is 0 Å². The van der Waals surface area contributed by atoms with Gasteiger partial charge in [0.25, 0.3) is 0 Å². The fourth-order valence-corrected chi connectivity index (χ4v) is 0.840. The first-order valence-corrected chi connectivity index (χ1v) is 3.95.